The summed E-state index contributed by atoms with van der Waals surface area (Å²) in [6.45, 7) is 5.33. The molecule has 5 nitrogen and oxygen atoms in total. The van der Waals surface area contributed by atoms with Gasteiger partial charge in [0.1, 0.15) is 18.0 Å². The third-order valence-corrected chi connectivity index (χ3v) is 4.69. The van der Waals surface area contributed by atoms with Crippen molar-refractivity contribution in [2.45, 2.75) is 20.8 Å². The highest BCUT2D eigenvalue weighted by molar-refractivity contribution is 6.02. The summed E-state index contributed by atoms with van der Waals surface area (Å²) in [6, 6.07) is 22.3. The molecule has 2 amide bonds. The maximum absolute atomic E-state index is 12.5. The Balaban J connectivity index is 1.70. The maximum atomic E-state index is 12.5. The van der Waals surface area contributed by atoms with Gasteiger partial charge in [0.15, 0.2) is 0 Å². The minimum atomic E-state index is -0.251. The molecule has 1 N–H and O–H groups in total. The summed E-state index contributed by atoms with van der Waals surface area (Å²) in [6.07, 6.45) is 0. The van der Waals surface area contributed by atoms with Gasteiger partial charge in [0.25, 0.3) is 0 Å². The number of aryl methyl sites for hydroxylation is 1. The van der Waals surface area contributed by atoms with Crippen LogP contribution in [0.4, 0.5) is 11.4 Å². The Kier molecular flexibility index (Phi) is 6.29. The van der Waals surface area contributed by atoms with Gasteiger partial charge in [-0.25, -0.2) is 0 Å². The lowest BCUT2D eigenvalue weighted by Gasteiger charge is -2.21. The molecule has 0 aliphatic carbocycles. The van der Waals surface area contributed by atoms with E-state index in [2.05, 4.69) is 5.32 Å². The molecule has 3 rings (SSSR count). The molecule has 3 aromatic rings. The van der Waals surface area contributed by atoms with E-state index in [-0.39, 0.29) is 18.4 Å². The van der Waals surface area contributed by atoms with Crippen molar-refractivity contribution in [2.24, 2.45) is 0 Å². The molecular formula is C24H24N2O3. The van der Waals surface area contributed by atoms with Crippen molar-refractivity contribution in [3.8, 4) is 11.5 Å². The van der Waals surface area contributed by atoms with Crippen LogP contribution in [0.5, 0.6) is 11.5 Å². The van der Waals surface area contributed by atoms with E-state index in [0.717, 1.165) is 22.6 Å². The summed E-state index contributed by atoms with van der Waals surface area (Å²) in [7, 11) is 0. The number of nitrogens with one attached hydrogen (secondary N) is 1. The standard InChI is InChI=1S/C24H24N2O3/c1-17-8-7-11-23(18(17)2)25-24(28)16-26(19(3)27)20-12-14-22(15-13-20)29-21-9-5-4-6-10-21/h4-15H,16H2,1-3H3,(H,25,28). The van der Waals surface area contributed by atoms with E-state index in [1.54, 1.807) is 24.3 Å². The number of ether oxygens (including phenoxy) is 1. The Morgan fingerprint density at radius 2 is 1.52 bits per heavy atom. The first-order valence-corrected chi connectivity index (χ1v) is 9.41. The molecule has 0 atom stereocenters. The van der Waals surface area contributed by atoms with Crippen molar-refractivity contribution in [3.05, 3.63) is 83.9 Å². The fourth-order valence-corrected chi connectivity index (χ4v) is 2.92. The third-order valence-electron chi connectivity index (χ3n) is 4.69. The highest BCUT2D eigenvalue weighted by Crippen LogP contribution is 2.25. The number of carbonyl (C=O) groups is 2. The Labute approximate surface area is 170 Å². The van der Waals surface area contributed by atoms with Crippen LogP contribution in [0.3, 0.4) is 0 Å². The molecule has 3 aromatic carbocycles. The van der Waals surface area contributed by atoms with Crippen molar-refractivity contribution >= 4 is 23.2 Å². The molecule has 0 bridgehead atoms. The fraction of sp³-hybridized carbons (Fsp3) is 0.167. The zero-order chi connectivity index (χ0) is 20.8. The number of anilines is 2. The fourth-order valence-electron chi connectivity index (χ4n) is 2.92. The Morgan fingerprint density at radius 1 is 0.862 bits per heavy atom. The monoisotopic (exact) mass is 388 g/mol. The lowest BCUT2D eigenvalue weighted by atomic mass is 10.1. The predicted molar refractivity (Wildman–Crippen MR) is 116 cm³/mol. The second-order valence-electron chi connectivity index (χ2n) is 6.81. The molecule has 0 unspecified atom stereocenters. The zero-order valence-corrected chi connectivity index (χ0v) is 16.8. The van der Waals surface area contributed by atoms with Crippen molar-refractivity contribution in [2.75, 3.05) is 16.8 Å². The van der Waals surface area contributed by atoms with Gasteiger partial charge in [-0.15, -0.1) is 0 Å². The first kappa shape index (κ1) is 20.1. The van der Waals surface area contributed by atoms with Crippen molar-refractivity contribution in [3.63, 3.8) is 0 Å². The minimum Gasteiger partial charge on any atom is -0.457 e. The number of para-hydroxylation sites is 1. The van der Waals surface area contributed by atoms with Gasteiger partial charge in [-0.3, -0.25) is 9.59 Å². The molecule has 0 spiro atoms. The molecule has 0 aliphatic rings. The molecular weight excluding hydrogens is 364 g/mol. The largest absolute Gasteiger partial charge is 0.457 e. The summed E-state index contributed by atoms with van der Waals surface area (Å²) >= 11 is 0. The van der Waals surface area contributed by atoms with Crippen LogP contribution in [0.25, 0.3) is 0 Å². The Bertz CT molecular complexity index is 998. The smallest absolute Gasteiger partial charge is 0.244 e. The first-order chi connectivity index (χ1) is 13.9. The number of amides is 2. The van der Waals surface area contributed by atoms with Crippen LogP contribution >= 0.6 is 0 Å². The quantitative estimate of drug-likeness (QED) is 0.640. The van der Waals surface area contributed by atoms with Gasteiger partial charge in [-0.1, -0.05) is 30.3 Å². The number of hydrogen-bond acceptors (Lipinski definition) is 3. The molecule has 148 valence electrons. The minimum absolute atomic E-state index is 0.0679. The van der Waals surface area contributed by atoms with Crippen molar-refractivity contribution in [1.29, 1.82) is 0 Å². The third kappa shape index (κ3) is 5.23. The summed E-state index contributed by atoms with van der Waals surface area (Å²) in [4.78, 5) is 26.1. The maximum Gasteiger partial charge on any atom is 0.244 e. The van der Waals surface area contributed by atoms with Crippen LogP contribution in [0, 0.1) is 13.8 Å². The number of benzene rings is 3. The zero-order valence-electron chi connectivity index (χ0n) is 16.8. The van der Waals surface area contributed by atoms with E-state index >= 15 is 0 Å². The number of hydrogen-bond donors (Lipinski definition) is 1. The van der Waals surface area contributed by atoms with Crippen LogP contribution in [-0.2, 0) is 9.59 Å². The van der Waals surface area contributed by atoms with E-state index in [1.165, 1.54) is 11.8 Å². The highest BCUT2D eigenvalue weighted by Gasteiger charge is 2.17. The predicted octanol–water partition coefficient (Wildman–Crippen LogP) is 5.09. The van der Waals surface area contributed by atoms with Crippen molar-refractivity contribution < 1.29 is 14.3 Å². The van der Waals surface area contributed by atoms with Gasteiger partial charge in [0.2, 0.25) is 11.8 Å². The molecule has 0 saturated carbocycles. The lowest BCUT2D eigenvalue weighted by molar-refractivity contribution is -0.120. The van der Waals surface area contributed by atoms with Gasteiger partial charge >= 0.3 is 0 Å². The van der Waals surface area contributed by atoms with Crippen molar-refractivity contribution in [1.82, 2.24) is 0 Å². The normalized spacial score (nSPS) is 10.3. The summed E-state index contributed by atoms with van der Waals surface area (Å²) in [5.74, 6) is 0.927. The molecule has 0 aliphatic heterocycles. The van der Waals surface area contributed by atoms with Gasteiger partial charge in [0.05, 0.1) is 0 Å². The van der Waals surface area contributed by atoms with E-state index < -0.39 is 0 Å². The lowest BCUT2D eigenvalue weighted by Crippen LogP contribution is -2.36. The summed E-state index contributed by atoms with van der Waals surface area (Å²) in [5, 5.41) is 2.89. The van der Waals surface area contributed by atoms with E-state index in [1.807, 2.05) is 62.4 Å². The average Bonchev–Trinajstić information content (AvgIpc) is 2.71. The number of rotatable bonds is 6. The van der Waals surface area contributed by atoms with Crippen LogP contribution < -0.4 is 15.0 Å². The average molecular weight is 388 g/mol. The SMILES string of the molecule is CC(=O)N(CC(=O)Nc1cccc(C)c1C)c1ccc(Oc2ccccc2)cc1. The molecule has 0 heterocycles. The molecule has 5 heteroatoms. The highest BCUT2D eigenvalue weighted by atomic mass is 16.5. The number of nitrogens with zero attached hydrogens (tertiary/aromatic N) is 1. The van der Waals surface area contributed by atoms with Gasteiger partial charge in [-0.05, 0) is 67.4 Å². The number of carbonyl (C=O) groups excluding carboxylic acids is 2. The van der Waals surface area contributed by atoms with Crippen LogP contribution in [-0.4, -0.2) is 18.4 Å². The first-order valence-electron chi connectivity index (χ1n) is 9.41. The molecule has 0 radical (unpaired) electrons. The topological polar surface area (TPSA) is 58.6 Å². The second kappa shape index (κ2) is 9.06. The second-order valence-corrected chi connectivity index (χ2v) is 6.81. The molecule has 0 saturated heterocycles. The molecule has 0 fully saturated rings. The van der Waals surface area contributed by atoms with E-state index in [4.69, 9.17) is 4.74 Å². The summed E-state index contributed by atoms with van der Waals surface area (Å²) < 4.78 is 5.78. The van der Waals surface area contributed by atoms with E-state index in [0.29, 0.717) is 11.4 Å². The van der Waals surface area contributed by atoms with Gasteiger partial charge < -0.3 is 15.0 Å². The Hall–Kier alpha value is -3.60. The van der Waals surface area contributed by atoms with E-state index in [9.17, 15) is 9.59 Å². The summed E-state index contributed by atoms with van der Waals surface area (Å²) in [5.41, 5.74) is 3.50. The van der Waals surface area contributed by atoms with Crippen LogP contribution in [0.15, 0.2) is 72.8 Å². The molecule has 0 aromatic heterocycles. The van der Waals surface area contributed by atoms with Crippen LogP contribution in [0.1, 0.15) is 18.1 Å². The van der Waals surface area contributed by atoms with Gasteiger partial charge in [-0.2, -0.15) is 0 Å². The molecule has 29 heavy (non-hydrogen) atoms. The van der Waals surface area contributed by atoms with Crippen LogP contribution in [0.2, 0.25) is 0 Å². The Morgan fingerprint density at radius 3 is 2.17 bits per heavy atom. The van der Waals surface area contributed by atoms with Gasteiger partial charge in [0, 0.05) is 18.3 Å².